The van der Waals surface area contributed by atoms with Crippen molar-refractivity contribution in [1.29, 1.82) is 0 Å². The molecule has 0 saturated heterocycles. The summed E-state index contributed by atoms with van der Waals surface area (Å²) >= 11 is 11.7. The number of benzene rings is 1. The zero-order valence-corrected chi connectivity index (χ0v) is 10.5. The number of rotatable bonds is 4. The summed E-state index contributed by atoms with van der Waals surface area (Å²) in [7, 11) is 1.30. The van der Waals surface area contributed by atoms with Crippen LogP contribution in [0.2, 0.25) is 10.0 Å². The van der Waals surface area contributed by atoms with Gasteiger partial charge in [0.1, 0.15) is 0 Å². The van der Waals surface area contributed by atoms with E-state index in [0.717, 1.165) is 0 Å². The van der Waals surface area contributed by atoms with E-state index in [0.29, 0.717) is 12.0 Å². The van der Waals surface area contributed by atoms with Crippen molar-refractivity contribution in [3.63, 3.8) is 0 Å². The Labute approximate surface area is 108 Å². The maximum atomic E-state index is 11.0. The zero-order valence-electron chi connectivity index (χ0n) is 9.00. The molecule has 1 aromatic rings. The highest BCUT2D eigenvalue weighted by molar-refractivity contribution is 6.36. The molecule has 0 unspecified atom stereocenters. The third-order valence-electron chi connectivity index (χ3n) is 2.19. The molecule has 0 bridgehead atoms. The first-order valence-electron chi connectivity index (χ1n) is 4.73. The molecule has 0 aliphatic heterocycles. The van der Waals surface area contributed by atoms with Crippen LogP contribution >= 0.6 is 23.2 Å². The van der Waals surface area contributed by atoms with Gasteiger partial charge in [-0.15, -0.1) is 0 Å². The van der Waals surface area contributed by atoms with E-state index < -0.39 is 5.97 Å². The Balaban J connectivity index is 2.92. The van der Waals surface area contributed by atoms with Gasteiger partial charge < -0.3 is 9.84 Å². The average molecular weight is 277 g/mol. The molecule has 92 valence electrons. The molecule has 0 radical (unpaired) electrons. The number of esters is 1. The van der Waals surface area contributed by atoms with Crippen molar-refractivity contribution >= 4 is 35.1 Å². The fourth-order valence-electron chi connectivity index (χ4n) is 1.28. The molecule has 0 spiro atoms. The molecule has 0 aromatic heterocycles. The minimum absolute atomic E-state index is 0.0570. The molecule has 0 fully saturated rings. The van der Waals surface area contributed by atoms with Crippen molar-refractivity contribution in [3.05, 3.63) is 33.3 Å². The Hall–Kier alpha value is -1.26. The van der Waals surface area contributed by atoms with Crippen molar-refractivity contribution in [1.82, 2.24) is 0 Å². The minimum Gasteiger partial charge on any atom is -0.478 e. The third kappa shape index (κ3) is 3.61. The van der Waals surface area contributed by atoms with Crippen LogP contribution in [-0.4, -0.2) is 24.2 Å². The van der Waals surface area contributed by atoms with Crippen LogP contribution in [0.1, 0.15) is 22.3 Å². The van der Waals surface area contributed by atoms with Gasteiger partial charge in [0.05, 0.1) is 17.7 Å². The van der Waals surface area contributed by atoms with Gasteiger partial charge in [-0.3, -0.25) is 4.79 Å². The van der Waals surface area contributed by atoms with Gasteiger partial charge in [0.15, 0.2) is 0 Å². The maximum absolute atomic E-state index is 11.0. The quantitative estimate of drug-likeness (QED) is 0.859. The van der Waals surface area contributed by atoms with Crippen LogP contribution < -0.4 is 0 Å². The van der Waals surface area contributed by atoms with Gasteiger partial charge in [0.25, 0.3) is 0 Å². The Bertz CT molecular complexity index is 457. The standard InChI is InChI=1S/C11H10Cl2O4/c1-17-10(14)3-2-6-4-9(13)7(11(15)16)5-8(6)12/h4-5H,2-3H2,1H3,(H,15,16). The monoisotopic (exact) mass is 276 g/mol. The minimum atomic E-state index is -1.14. The SMILES string of the molecule is COC(=O)CCc1cc(Cl)c(C(=O)O)cc1Cl. The number of aryl methyl sites for hydroxylation is 1. The largest absolute Gasteiger partial charge is 0.478 e. The molecule has 0 heterocycles. The van der Waals surface area contributed by atoms with Crippen molar-refractivity contribution in [2.24, 2.45) is 0 Å². The van der Waals surface area contributed by atoms with E-state index in [2.05, 4.69) is 4.74 Å². The zero-order chi connectivity index (χ0) is 13.0. The maximum Gasteiger partial charge on any atom is 0.337 e. The lowest BCUT2D eigenvalue weighted by Gasteiger charge is -2.06. The highest BCUT2D eigenvalue weighted by Crippen LogP contribution is 2.26. The molecular formula is C11H10Cl2O4. The van der Waals surface area contributed by atoms with E-state index in [4.69, 9.17) is 28.3 Å². The molecule has 0 atom stereocenters. The number of ether oxygens (including phenoxy) is 1. The summed E-state index contributed by atoms with van der Waals surface area (Å²) in [5.74, 6) is -1.50. The number of carbonyl (C=O) groups is 2. The van der Waals surface area contributed by atoms with Gasteiger partial charge in [0, 0.05) is 11.4 Å². The van der Waals surface area contributed by atoms with Crippen molar-refractivity contribution < 1.29 is 19.4 Å². The van der Waals surface area contributed by atoms with Gasteiger partial charge in [0.2, 0.25) is 0 Å². The summed E-state index contributed by atoms with van der Waals surface area (Å²) in [6.07, 6.45) is 0.518. The second kappa shape index (κ2) is 5.89. The number of carboxylic acids is 1. The highest BCUT2D eigenvalue weighted by atomic mass is 35.5. The summed E-state index contributed by atoms with van der Waals surface area (Å²) in [5.41, 5.74) is 0.561. The number of aromatic carboxylic acids is 1. The summed E-state index contributed by atoms with van der Waals surface area (Å²) in [5, 5.41) is 9.19. The van der Waals surface area contributed by atoms with E-state index >= 15 is 0 Å². The average Bonchev–Trinajstić information content (AvgIpc) is 2.28. The fourth-order valence-corrected chi connectivity index (χ4v) is 1.81. The van der Waals surface area contributed by atoms with Crippen molar-refractivity contribution in [3.8, 4) is 0 Å². The molecule has 6 heteroatoms. The second-order valence-electron chi connectivity index (χ2n) is 3.30. The molecular weight excluding hydrogens is 267 g/mol. The Morgan fingerprint density at radius 2 is 1.94 bits per heavy atom. The topological polar surface area (TPSA) is 63.6 Å². The molecule has 0 aliphatic rings. The summed E-state index contributed by atoms with van der Waals surface area (Å²) in [6, 6.07) is 2.73. The van der Waals surface area contributed by atoms with E-state index in [-0.39, 0.29) is 28.0 Å². The normalized spacial score (nSPS) is 10.1. The van der Waals surface area contributed by atoms with Crippen LogP contribution in [0.3, 0.4) is 0 Å². The molecule has 0 saturated carbocycles. The number of carbonyl (C=O) groups excluding carboxylic acids is 1. The van der Waals surface area contributed by atoms with Gasteiger partial charge >= 0.3 is 11.9 Å². The van der Waals surface area contributed by atoms with Crippen LogP contribution in [0.4, 0.5) is 0 Å². The number of carboxylic acid groups (broad SMARTS) is 1. The Kier molecular flexibility index (Phi) is 4.78. The molecule has 1 rings (SSSR count). The van der Waals surface area contributed by atoms with Crippen LogP contribution in [0.25, 0.3) is 0 Å². The van der Waals surface area contributed by atoms with Crippen LogP contribution in [0.15, 0.2) is 12.1 Å². The number of halogens is 2. The lowest BCUT2D eigenvalue weighted by molar-refractivity contribution is -0.140. The lowest BCUT2D eigenvalue weighted by atomic mass is 10.1. The summed E-state index contributed by atoms with van der Waals surface area (Å²) in [4.78, 5) is 21.7. The third-order valence-corrected chi connectivity index (χ3v) is 2.86. The number of methoxy groups -OCH3 is 1. The Morgan fingerprint density at radius 1 is 1.29 bits per heavy atom. The molecule has 0 aliphatic carbocycles. The number of hydrogen-bond acceptors (Lipinski definition) is 3. The van der Waals surface area contributed by atoms with Gasteiger partial charge in [-0.05, 0) is 24.1 Å². The highest BCUT2D eigenvalue weighted by Gasteiger charge is 2.13. The smallest absolute Gasteiger partial charge is 0.337 e. The summed E-state index contributed by atoms with van der Waals surface area (Å²) < 4.78 is 4.49. The van der Waals surface area contributed by atoms with Gasteiger partial charge in [-0.2, -0.15) is 0 Å². The van der Waals surface area contributed by atoms with Crippen LogP contribution in [0.5, 0.6) is 0 Å². The predicted octanol–water partition coefficient (Wildman–Crippen LogP) is 2.80. The molecule has 17 heavy (non-hydrogen) atoms. The molecule has 1 N–H and O–H groups in total. The van der Waals surface area contributed by atoms with Crippen molar-refractivity contribution in [2.45, 2.75) is 12.8 Å². The van der Waals surface area contributed by atoms with Crippen LogP contribution in [0, 0.1) is 0 Å². The van der Waals surface area contributed by atoms with Gasteiger partial charge in [-0.1, -0.05) is 23.2 Å². The first kappa shape index (κ1) is 13.8. The molecule has 0 amide bonds. The molecule has 4 nitrogen and oxygen atoms in total. The van der Waals surface area contributed by atoms with E-state index in [9.17, 15) is 9.59 Å². The first-order valence-corrected chi connectivity index (χ1v) is 5.49. The van der Waals surface area contributed by atoms with Crippen LogP contribution in [-0.2, 0) is 16.0 Å². The predicted molar refractivity (Wildman–Crippen MR) is 63.8 cm³/mol. The number of hydrogen-bond donors (Lipinski definition) is 1. The second-order valence-corrected chi connectivity index (χ2v) is 4.12. The fraction of sp³-hybridized carbons (Fsp3) is 0.273. The van der Waals surface area contributed by atoms with E-state index in [1.54, 1.807) is 0 Å². The first-order chi connectivity index (χ1) is 7.95. The lowest BCUT2D eigenvalue weighted by Crippen LogP contribution is -2.04. The van der Waals surface area contributed by atoms with E-state index in [1.165, 1.54) is 19.2 Å². The molecule has 1 aromatic carbocycles. The van der Waals surface area contributed by atoms with Crippen molar-refractivity contribution in [2.75, 3.05) is 7.11 Å². The van der Waals surface area contributed by atoms with Gasteiger partial charge in [-0.25, -0.2) is 4.79 Å². The van der Waals surface area contributed by atoms with E-state index in [1.807, 2.05) is 0 Å². The summed E-state index contributed by atoms with van der Waals surface area (Å²) in [6.45, 7) is 0. The Morgan fingerprint density at radius 3 is 2.47 bits per heavy atom.